The summed E-state index contributed by atoms with van der Waals surface area (Å²) in [6, 6.07) is 25.3. The number of nitrogens with one attached hydrogen (secondary N) is 1. The number of amides is 1. The second-order valence-corrected chi connectivity index (χ2v) is 7.09. The molecule has 0 heterocycles. The summed E-state index contributed by atoms with van der Waals surface area (Å²) < 4.78 is 6.56. The summed E-state index contributed by atoms with van der Waals surface area (Å²) in [5.41, 5.74) is 3.04. The Hall–Kier alpha value is -2.92. The Morgan fingerprint density at radius 3 is 2.39 bits per heavy atom. The van der Waals surface area contributed by atoms with Crippen molar-refractivity contribution < 1.29 is 9.53 Å². The van der Waals surface area contributed by atoms with Crippen LogP contribution in [0, 0.1) is 0 Å². The van der Waals surface area contributed by atoms with Gasteiger partial charge in [0.25, 0.3) is 5.91 Å². The van der Waals surface area contributed by atoms with E-state index in [1.165, 1.54) is 5.56 Å². The molecule has 0 fully saturated rings. The molecule has 1 N–H and O–H groups in total. The normalized spacial score (nSPS) is 10.8. The molecular formula is C23H21BrN2O2. The van der Waals surface area contributed by atoms with Gasteiger partial charge in [0.1, 0.15) is 5.75 Å². The van der Waals surface area contributed by atoms with E-state index < -0.39 is 0 Å². The van der Waals surface area contributed by atoms with Crippen LogP contribution in [0.2, 0.25) is 0 Å². The molecule has 3 rings (SSSR count). The van der Waals surface area contributed by atoms with Gasteiger partial charge in [-0.25, -0.2) is 0 Å². The average molecular weight is 437 g/mol. The molecule has 0 aliphatic heterocycles. The van der Waals surface area contributed by atoms with Gasteiger partial charge >= 0.3 is 0 Å². The lowest BCUT2D eigenvalue weighted by Crippen LogP contribution is -2.30. The standard InChI is InChI=1S/C23H21BrN2O2/c24-20-8-10-21(11-9-20)26-16-19-6-12-22(13-7-19)28-17-23(27)25-15-14-18-4-2-1-3-5-18/h1-13,16H,14-15,17H2,(H,25,27). The first-order valence-corrected chi connectivity index (χ1v) is 9.81. The second-order valence-electron chi connectivity index (χ2n) is 6.18. The van der Waals surface area contributed by atoms with Crippen LogP contribution in [0.25, 0.3) is 0 Å². The van der Waals surface area contributed by atoms with Crippen LogP contribution in [0.1, 0.15) is 11.1 Å². The molecule has 3 aromatic carbocycles. The highest BCUT2D eigenvalue weighted by atomic mass is 79.9. The molecule has 0 radical (unpaired) electrons. The van der Waals surface area contributed by atoms with Crippen molar-refractivity contribution in [3.05, 3.63) is 94.5 Å². The molecule has 0 aliphatic carbocycles. The van der Waals surface area contributed by atoms with E-state index in [0.29, 0.717) is 12.3 Å². The van der Waals surface area contributed by atoms with Gasteiger partial charge in [0, 0.05) is 17.2 Å². The predicted molar refractivity (Wildman–Crippen MR) is 116 cm³/mol. The SMILES string of the molecule is O=C(COc1ccc(C=Nc2ccc(Br)cc2)cc1)NCCc1ccccc1. The minimum absolute atomic E-state index is 0.00111. The minimum atomic E-state index is -0.128. The summed E-state index contributed by atoms with van der Waals surface area (Å²) in [6.07, 6.45) is 2.60. The fourth-order valence-corrected chi connectivity index (χ4v) is 2.78. The Morgan fingerprint density at radius 1 is 0.964 bits per heavy atom. The molecule has 0 unspecified atom stereocenters. The Labute approximate surface area is 173 Å². The van der Waals surface area contributed by atoms with Crippen LogP contribution in [0.3, 0.4) is 0 Å². The van der Waals surface area contributed by atoms with E-state index in [-0.39, 0.29) is 12.5 Å². The van der Waals surface area contributed by atoms with Gasteiger partial charge in [0.15, 0.2) is 6.61 Å². The number of ether oxygens (including phenoxy) is 1. The van der Waals surface area contributed by atoms with Crippen molar-refractivity contribution in [1.29, 1.82) is 0 Å². The van der Waals surface area contributed by atoms with Gasteiger partial charge in [-0.3, -0.25) is 9.79 Å². The molecule has 1 amide bonds. The van der Waals surface area contributed by atoms with Gasteiger partial charge in [0.05, 0.1) is 5.69 Å². The van der Waals surface area contributed by atoms with Gasteiger partial charge in [-0.1, -0.05) is 46.3 Å². The Bertz CT molecular complexity index is 908. The van der Waals surface area contributed by atoms with E-state index in [1.54, 1.807) is 6.21 Å². The molecule has 0 saturated carbocycles. The van der Waals surface area contributed by atoms with Crippen LogP contribution < -0.4 is 10.1 Å². The van der Waals surface area contributed by atoms with E-state index in [4.69, 9.17) is 4.74 Å². The number of carbonyl (C=O) groups excluding carboxylic acids is 1. The fourth-order valence-electron chi connectivity index (χ4n) is 2.52. The summed E-state index contributed by atoms with van der Waals surface area (Å²) in [4.78, 5) is 16.3. The topological polar surface area (TPSA) is 50.7 Å². The zero-order valence-corrected chi connectivity index (χ0v) is 16.9. The molecule has 3 aromatic rings. The smallest absolute Gasteiger partial charge is 0.257 e. The summed E-state index contributed by atoms with van der Waals surface area (Å²) >= 11 is 3.40. The largest absolute Gasteiger partial charge is 0.484 e. The molecule has 0 saturated heterocycles. The van der Waals surface area contributed by atoms with Crippen molar-refractivity contribution >= 4 is 33.7 Å². The number of hydrogen-bond acceptors (Lipinski definition) is 3. The highest BCUT2D eigenvalue weighted by Gasteiger charge is 2.02. The highest BCUT2D eigenvalue weighted by Crippen LogP contribution is 2.17. The van der Waals surface area contributed by atoms with Crippen LogP contribution >= 0.6 is 15.9 Å². The maximum atomic E-state index is 11.9. The lowest BCUT2D eigenvalue weighted by molar-refractivity contribution is -0.123. The van der Waals surface area contributed by atoms with Crippen molar-refractivity contribution in [2.24, 2.45) is 4.99 Å². The van der Waals surface area contributed by atoms with E-state index in [2.05, 4.69) is 26.2 Å². The van der Waals surface area contributed by atoms with Crippen LogP contribution in [0.4, 0.5) is 5.69 Å². The van der Waals surface area contributed by atoms with Crippen LogP contribution in [-0.2, 0) is 11.2 Å². The predicted octanol–water partition coefficient (Wildman–Crippen LogP) is 4.94. The van der Waals surface area contributed by atoms with Crippen molar-refractivity contribution in [3.63, 3.8) is 0 Å². The first kappa shape index (κ1) is 19.8. The molecular weight excluding hydrogens is 416 g/mol. The third kappa shape index (κ3) is 6.67. The molecule has 0 atom stereocenters. The highest BCUT2D eigenvalue weighted by molar-refractivity contribution is 9.10. The number of halogens is 1. The van der Waals surface area contributed by atoms with Crippen LogP contribution in [0.15, 0.2) is 88.3 Å². The lowest BCUT2D eigenvalue weighted by Gasteiger charge is -2.08. The van der Waals surface area contributed by atoms with Gasteiger partial charge in [0.2, 0.25) is 0 Å². The lowest BCUT2D eigenvalue weighted by atomic mass is 10.1. The van der Waals surface area contributed by atoms with E-state index in [0.717, 1.165) is 22.1 Å². The van der Waals surface area contributed by atoms with E-state index >= 15 is 0 Å². The number of hydrogen-bond donors (Lipinski definition) is 1. The number of rotatable bonds is 8. The molecule has 5 heteroatoms. The van der Waals surface area contributed by atoms with Crippen molar-refractivity contribution in [3.8, 4) is 5.75 Å². The van der Waals surface area contributed by atoms with E-state index in [9.17, 15) is 4.79 Å². The molecule has 0 bridgehead atoms. The maximum Gasteiger partial charge on any atom is 0.257 e. The van der Waals surface area contributed by atoms with Gasteiger partial charge < -0.3 is 10.1 Å². The quantitative estimate of drug-likeness (QED) is 0.508. The summed E-state index contributed by atoms with van der Waals surface area (Å²) in [5, 5.41) is 2.87. The van der Waals surface area contributed by atoms with Gasteiger partial charge in [-0.15, -0.1) is 0 Å². The monoisotopic (exact) mass is 436 g/mol. The van der Waals surface area contributed by atoms with Crippen molar-refractivity contribution in [1.82, 2.24) is 5.32 Å². The van der Waals surface area contributed by atoms with Crippen molar-refractivity contribution in [2.45, 2.75) is 6.42 Å². The minimum Gasteiger partial charge on any atom is -0.484 e. The van der Waals surface area contributed by atoms with Crippen molar-refractivity contribution in [2.75, 3.05) is 13.2 Å². The van der Waals surface area contributed by atoms with E-state index in [1.807, 2.05) is 78.9 Å². The first-order chi connectivity index (χ1) is 13.7. The average Bonchev–Trinajstić information content (AvgIpc) is 2.73. The summed E-state index contributed by atoms with van der Waals surface area (Å²) in [5.74, 6) is 0.524. The maximum absolute atomic E-state index is 11.9. The van der Waals surface area contributed by atoms with Gasteiger partial charge in [-0.05, 0) is 66.1 Å². The second kappa shape index (κ2) is 10.4. The third-order valence-electron chi connectivity index (χ3n) is 4.02. The molecule has 142 valence electrons. The number of aliphatic imine (C=N–C) groups is 1. The van der Waals surface area contributed by atoms with Crippen LogP contribution in [0.5, 0.6) is 5.75 Å². The Morgan fingerprint density at radius 2 is 1.68 bits per heavy atom. The number of nitrogens with zero attached hydrogens (tertiary/aromatic N) is 1. The molecule has 4 nitrogen and oxygen atoms in total. The Balaban J connectivity index is 1.41. The summed E-state index contributed by atoms with van der Waals surface area (Å²) in [7, 11) is 0. The third-order valence-corrected chi connectivity index (χ3v) is 4.55. The zero-order valence-electron chi connectivity index (χ0n) is 15.3. The number of benzene rings is 3. The molecule has 28 heavy (non-hydrogen) atoms. The number of carbonyl (C=O) groups is 1. The van der Waals surface area contributed by atoms with Gasteiger partial charge in [-0.2, -0.15) is 0 Å². The van der Waals surface area contributed by atoms with Crippen LogP contribution in [-0.4, -0.2) is 25.3 Å². The molecule has 0 aromatic heterocycles. The molecule has 0 aliphatic rings. The summed E-state index contributed by atoms with van der Waals surface area (Å²) in [6.45, 7) is 0.596. The Kier molecular flexibility index (Phi) is 7.38. The first-order valence-electron chi connectivity index (χ1n) is 9.02. The zero-order chi connectivity index (χ0) is 19.6. The fraction of sp³-hybridized carbons (Fsp3) is 0.130. The molecule has 0 spiro atoms.